The van der Waals surface area contributed by atoms with Gasteiger partial charge in [0.1, 0.15) is 36.4 Å². The zero-order chi connectivity index (χ0) is 13.7. The van der Waals surface area contributed by atoms with E-state index < -0.39 is 0 Å². The van der Waals surface area contributed by atoms with Gasteiger partial charge in [0.05, 0.1) is 6.21 Å². The predicted molar refractivity (Wildman–Crippen MR) is 67.5 cm³/mol. The molecular weight excluding hydrogens is 251 g/mol. The Morgan fingerprint density at radius 2 is 2.00 bits per heavy atom. The van der Waals surface area contributed by atoms with Crippen molar-refractivity contribution in [3.63, 3.8) is 0 Å². The number of aromatic nitrogens is 2. The lowest BCUT2D eigenvalue weighted by atomic mass is 10.3. The van der Waals surface area contributed by atoms with Crippen LogP contribution in [0.25, 0.3) is 0 Å². The summed E-state index contributed by atoms with van der Waals surface area (Å²) in [6.07, 6.45) is 2.60. The number of rotatable bonds is 4. The number of hydrogen-bond donors (Lipinski definition) is 1. The van der Waals surface area contributed by atoms with Crippen LogP contribution in [0.2, 0.25) is 0 Å². The summed E-state index contributed by atoms with van der Waals surface area (Å²) >= 11 is 0. The molecule has 0 radical (unpaired) electrons. The van der Waals surface area contributed by atoms with E-state index in [0.29, 0.717) is 11.3 Å². The average molecular weight is 262 g/mol. The Kier molecular flexibility index (Phi) is 3.87. The fourth-order valence-electron chi connectivity index (χ4n) is 1.31. The Bertz CT molecular complexity index is 587. The summed E-state index contributed by atoms with van der Waals surface area (Å²) < 4.78 is 18.3. The molecular formula is C12H11FN4O2. The number of nitrogen functional groups attached to an aromatic ring is 1. The molecule has 0 bridgehead atoms. The molecule has 0 aliphatic heterocycles. The number of ether oxygens (including phenoxy) is 1. The smallest absolute Gasteiger partial charge is 0.233 e. The number of hydrogen-bond acceptors (Lipinski definition) is 6. The van der Waals surface area contributed by atoms with Gasteiger partial charge in [0.15, 0.2) is 0 Å². The zero-order valence-corrected chi connectivity index (χ0v) is 10.1. The summed E-state index contributed by atoms with van der Waals surface area (Å²) in [5.41, 5.74) is 6.09. The molecule has 6 nitrogen and oxygen atoms in total. The van der Waals surface area contributed by atoms with Crippen molar-refractivity contribution >= 4 is 12.0 Å². The van der Waals surface area contributed by atoms with Crippen molar-refractivity contribution in [2.45, 2.75) is 0 Å². The summed E-state index contributed by atoms with van der Waals surface area (Å²) in [6, 6.07) is 5.52. The first-order valence-electron chi connectivity index (χ1n) is 5.31. The Balaban J connectivity index is 2.31. The lowest BCUT2D eigenvalue weighted by Crippen LogP contribution is -2.02. The number of oxime groups is 1. The van der Waals surface area contributed by atoms with Crippen molar-refractivity contribution < 1.29 is 14.0 Å². The maximum Gasteiger partial charge on any atom is 0.233 e. The van der Waals surface area contributed by atoms with E-state index in [2.05, 4.69) is 20.0 Å². The van der Waals surface area contributed by atoms with Crippen LogP contribution >= 0.6 is 0 Å². The highest BCUT2D eigenvalue weighted by Crippen LogP contribution is 2.24. The fourth-order valence-corrected chi connectivity index (χ4v) is 1.31. The van der Waals surface area contributed by atoms with Crippen molar-refractivity contribution in [1.29, 1.82) is 0 Å². The second-order valence-electron chi connectivity index (χ2n) is 3.45. The predicted octanol–water partition coefficient (Wildman–Crippen LogP) is 1.97. The van der Waals surface area contributed by atoms with Gasteiger partial charge < -0.3 is 15.3 Å². The molecule has 1 heterocycles. The first-order valence-corrected chi connectivity index (χ1v) is 5.31. The van der Waals surface area contributed by atoms with Crippen molar-refractivity contribution in [2.24, 2.45) is 5.16 Å². The van der Waals surface area contributed by atoms with Gasteiger partial charge in [0.2, 0.25) is 5.88 Å². The third-order valence-corrected chi connectivity index (χ3v) is 2.19. The molecule has 0 spiro atoms. The number of anilines is 1. The standard InChI is InChI=1S/C12H11FN4O2/c1-18-17-6-10-11(14)15-7-16-12(10)19-9-4-2-8(13)3-5-9/h2-7H,1H3,(H2,14,15,16)/b17-6+. The van der Waals surface area contributed by atoms with E-state index in [1.165, 1.54) is 43.9 Å². The van der Waals surface area contributed by atoms with Gasteiger partial charge in [-0.25, -0.2) is 14.4 Å². The van der Waals surface area contributed by atoms with Gasteiger partial charge in [-0.2, -0.15) is 0 Å². The SMILES string of the molecule is CO/N=C/c1c(N)ncnc1Oc1ccc(F)cc1. The van der Waals surface area contributed by atoms with Crippen LogP contribution in [0.1, 0.15) is 5.56 Å². The van der Waals surface area contributed by atoms with Crippen LogP contribution in [-0.4, -0.2) is 23.3 Å². The third-order valence-electron chi connectivity index (χ3n) is 2.19. The van der Waals surface area contributed by atoms with E-state index in [-0.39, 0.29) is 17.5 Å². The fraction of sp³-hybridized carbons (Fsp3) is 0.0833. The molecule has 7 heteroatoms. The Morgan fingerprint density at radius 3 is 2.68 bits per heavy atom. The maximum absolute atomic E-state index is 12.8. The third kappa shape index (κ3) is 3.15. The van der Waals surface area contributed by atoms with Crippen LogP contribution in [0.15, 0.2) is 35.7 Å². The second kappa shape index (κ2) is 5.76. The molecule has 2 rings (SSSR count). The van der Waals surface area contributed by atoms with Crippen molar-refractivity contribution in [3.8, 4) is 11.6 Å². The highest BCUT2D eigenvalue weighted by Gasteiger charge is 2.10. The number of nitrogens with zero attached hydrogens (tertiary/aromatic N) is 3. The molecule has 0 aliphatic carbocycles. The van der Waals surface area contributed by atoms with Gasteiger partial charge in [-0.15, -0.1) is 0 Å². The Hall–Kier alpha value is -2.70. The zero-order valence-electron chi connectivity index (χ0n) is 10.1. The monoisotopic (exact) mass is 262 g/mol. The van der Waals surface area contributed by atoms with Gasteiger partial charge in [-0.05, 0) is 24.3 Å². The Labute approximate surface area is 108 Å². The summed E-state index contributed by atoms with van der Waals surface area (Å²) in [5, 5.41) is 3.59. The molecule has 2 N–H and O–H groups in total. The summed E-state index contributed by atoms with van der Waals surface area (Å²) in [5.74, 6) is 0.482. The molecule has 0 unspecified atom stereocenters. The lowest BCUT2D eigenvalue weighted by molar-refractivity contribution is 0.215. The Morgan fingerprint density at radius 1 is 1.26 bits per heavy atom. The molecule has 0 saturated carbocycles. The molecule has 0 amide bonds. The summed E-state index contributed by atoms with van der Waals surface area (Å²) in [6.45, 7) is 0. The molecule has 1 aromatic carbocycles. The molecule has 0 fully saturated rings. The van der Waals surface area contributed by atoms with Crippen LogP contribution in [0.4, 0.5) is 10.2 Å². The van der Waals surface area contributed by atoms with Crippen LogP contribution in [-0.2, 0) is 4.84 Å². The van der Waals surface area contributed by atoms with Crippen LogP contribution < -0.4 is 10.5 Å². The van der Waals surface area contributed by atoms with E-state index in [1.807, 2.05) is 0 Å². The normalized spacial score (nSPS) is 10.6. The average Bonchev–Trinajstić information content (AvgIpc) is 2.41. The summed E-state index contributed by atoms with van der Waals surface area (Å²) in [4.78, 5) is 12.4. The van der Waals surface area contributed by atoms with E-state index in [9.17, 15) is 4.39 Å². The molecule has 2 aromatic rings. The lowest BCUT2D eigenvalue weighted by Gasteiger charge is -2.08. The molecule has 19 heavy (non-hydrogen) atoms. The molecule has 1 aromatic heterocycles. The highest BCUT2D eigenvalue weighted by atomic mass is 19.1. The van der Waals surface area contributed by atoms with Crippen molar-refractivity contribution in [1.82, 2.24) is 9.97 Å². The first kappa shape index (κ1) is 12.7. The van der Waals surface area contributed by atoms with Gasteiger partial charge in [-0.3, -0.25) is 0 Å². The minimum absolute atomic E-state index is 0.202. The largest absolute Gasteiger partial charge is 0.438 e. The van der Waals surface area contributed by atoms with Crippen LogP contribution in [0.5, 0.6) is 11.6 Å². The maximum atomic E-state index is 12.8. The number of halogens is 1. The van der Waals surface area contributed by atoms with Gasteiger partial charge in [0, 0.05) is 0 Å². The van der Waals surface area contributed by atoms with Gasteiger partial charge >= 0.3 is 0 Å². The van der Waals surface area contributed by atoms with E-state index in [0.717, 1.165) is 0 Å². The van der Waals surface area contributed by atoms with Crippen molar-refractivity contribution in [2.75, 3.05) is 12.8 Å². The van der Waals surface area contributed by atoms with Gasteiger partial charge in [0.25, 0.3) is 0 Å². The van der Waals surface area contributed by atoms with Crippen LogP contribution in [0.3, 0.4) is 0 Å². The second-order valence-corrected chi connectivity index (χ2v) is 3.45. The van der Waals surface area contributed by atoms with Gasteiger partial charge in [-0.1, -0.05) is 5.16 Å². The van der Waals surface area contributed by atoms with E-state index >= 15 is 0 Å². The van der Waals surface area contributed by atoms with E-state index in [1.54, 1.807) is 0 Å². The molecule has 0 saturated heterocycles. The quantitative estimate of drug-likeness (QED) is 0.672. The minimum atomic E-state index is -0.351. The van der Waals surface area contributed by atoms with Crippen molar-refractivity contribution in [3.05, 3.63) is 42.0 Å². The first-order chi connectivity index (χ1) is 9.20. The molecule has 0 aliphatic rings. The highest BCUT2D eigenvalue weighted by molar-refractivity contribution is 5.88. The molecule has 98 valence electrons. The number of benzene rings is 1. The van der Waals surface area contributed by atoms with Crippen LogP contribution in [0, 0.1) is 5.82 Å². The van der Waals surface area contributed by atoms with E-state index in [4.69, 9.17) is 10.5 Å². The summed E-state index contributed by atoms with van der Waals surface area (Å²) in [7, 11) is 1.40. The molecule has 0 atom stereocenters. The minimum Gasteiger partial charge on any atom is -0.438 e. The number of nitrogens with two attached hydrogens (primary N) is 1. The topological polar surface area (TPSA) is 82.6 Å².